The molecular formula is C11H16N2O5S. The molecule has 1 aromatic carbocycles. The van der Waals surface area contributed by atoms with Gasteiger partial charge >= 0.3 is 10.4 Å². The van der Waals surface area contributed by atoms with Gasteiger partial charge in [-0.05, 0) is 26.0 Å². The Kier molecular flexibility index (Phi) is 3.83. The van der Waals surface area contributed by atoms with Gasteiger partial charge in [-0.25, -0.2) is 5.43 Å². The van der Waals surface area contributed by atoms with E-state index in [1.54, 1.807) is 24.1 Å². The van der Waals surface area contributed by atoms with Crippen LogP contribution in [0, 0.1) is 6.92 Å². The van der Waals surface area contributed by atoms with Crippen molar-refractivity contribution in [1.29, 1.82) is 0 Å². The number of aliphatic hydroxyl groups is 1. The number of hydrazine groups is 1. The summed E-state index contributed by atoms with van der Waals surface area (Å²) in [7, 11) is -3.97. The van der Waals surface area contributed by atoms with Gasteiger partial charge in [0.1, 0.15) is 0 Å². The van der Waals surface area contributed by atoms with Crippen molar-refractivity contribution in [2.75, 3.05) is 24.7 Å². The van der Waals surface area contributed by atoms with Crippen LogP contribution < -0.4 is 18.8 Å². The van der Waals surface area contributed by atoms with E-state index in [1.807, 2.05) is 6.92 Å². The predicted octanol–water partition coefficient (Wildman–Crippen LogP) is 0.334. The highest BCUT2D eigenvalue weighted by atomic mass is 32.3. The van der Waals surface area contributed by atoms with Crippen molar-refractivity contribution in [1.82, 2.24) is 5.43 Å². The monoisotopic (exact) mass is 288 g/mol. The second-order valence-corrected chi connectivity index (χ2v) is 5.14. The van der Waals surface area contributed by atoms with E-state index in [4.69, 9.17) is 13.5 Å². The van der Waals surface area contributed by atoms with E-state index < -0.39 is 10.4 Å². The highest BCUT2D eigenvalue weighted by molar-refractivity contribution is 7.82. The summed E-state index contributed by atoms with van der Waals surface area (Å²) in [5, 5.41) is 10.6. The average molecular weight is 288 g/mol. The maximum absolute atomic E-state index is 11.3. The van der Waals surface area contributed by atoms with Gasteiger partial charge in [0, 0.05) is 18.7 Å². The third kappa shape index (κ3) is 2.75. The van der Waals surface area contributed by atoms with Crippen LogP contribution in [-0.2, 0) is 10.4 Å². The summed E-state index contributed by atoms with van der Waals surface area (Å²) in [6, 6.07) is 3.29. The van der Waals surface area contributed by atoms with Crippen LogP contribution >= 0.6 is 0 Å². The van der Waals surface area contributed by atoms with E-state index in [-0.39, 0.29) is 18.1 Å². The fraction of sp³-hybridized carbons (Fsp3) is 0.455. The Morgan fingerprint density at radius 1 is 1.37 bits per heavy atom. The molecule has 0 atom stereocenters. The SMILES string of the molecule is CCN(NCCO)c1ccc2c(c1C)OS(=O)(=O)O2. The molecule has 2 rings (SSSR count). The van der Waals surface area contributed by atoms with Gasteiger partial charge < -0.3 is 18.5 Å². The van der Waals surface area contributed by atoms with Gasteiger partial charge in [-0.15, -0.1) is 8.42 Å². The van der Waals surface area contributed by atoms with Crippen LogP contribution in [0.5, 0.6) is 11.5 Å². The molecule has 1 aliphatic rings. The lowest BCUT2D eigenvalue weighted by Gasteiger charge is -2.25. The van der Waals surface area contributed by atoms with E-state index in [9.17, 15) is 8.42 Å². The number of nitrogens with zero attached hydrogens (tertiary/aromatic N) is 1. The summed E-state index contributed by atoms with van der Waals surface area (Å²) in [5.74, 6) is 0.404. The lowest BCUT2D eigenvalue weighted by atomic mass is 10.1. The molecule has 1 heterocycles. The summed E-state index contributed by atoms with van der Waals surface area (Å²) in [6.45, 7) is 4.74. The molecule has 0 saturated heterocycles. The van der Waals surface area contributed by atoms with Crippen LogP contribution in [-0.4, -0.2) is 33.2 Å². The lowest BCUT2D eigenvalue weighted by Crippen LogP contribution is -2.40. The molecule has 0 saturated carbocycles. The van der Waals surface area contributed by atoms with Gasteiger partial charge in [0.15, 0.2) is 11.5 Å². The Hall–Kier alpha value is -1.51. The molecule has 0 aliphatic carbocycles. The standard InChI is InChI=1S/C11H16N2O5S/c1-3-13(12-6-7-14)9-4-5-10-11(8(9)2)18-19(15,16)17-10/h4-5,12,14H,3,6-7H2,1-2H3. The molecule has 106 valence electrons. The largest absolute Gasteiger partial charge is 0.501 e. The Morgan fingerprint density at radius 3 is 2.74 bits per heavy atom. The lowest BCUT2D eigenvalue weighted by molar-refractivity contribution is 0.290. The maximum atomic E-state index is 11.3. The third-order valence-corrected chi connectivity index (χ3v) is 3.49. The normalized spacial score (nSPS) is 15.5. The summed E-state index contributed by atoms with van der Waals surface area (Å²) < 4.78 is 32.0. The second-order valence-electron chi connectivity index (χ2n) is 3.99. The molecule has 0 amide bonds. The summed E-state index contributed by atoms with van der Waals surface area (Å²) >= 11 is 0. The molecule has 0 spiro atoms. The van der Waals surface area contributed by atoms with Gasteiger partial charge in [-0.1, -0.05) is 0 Å². The number of rotatable bonds is 5. The first kappa shape index (κ1) is 13.9. The van der Waals surface area contributed by atoms with Crippen LogP contribution in [0.4, 0.5) is 5.69 Å². The fourth-order valence-electron chi connectivity index (χ4n) is 1.90. The van der Waals surface area contributed by atoms with E-state index in [1.165, 1.54) is 0 Å². The Morgan fingerprint density at radius 2 is 2.11 bits per heavy atom. The van der Waals surface area contributed by atoms with E-state index in [0.29, 0.717) is 18.7 Å². The maximum Gasteiger partial charge on any atom is 0.501 e. The van der Waals surface area contributed by atoms with Gasteiger partial charge in [0.05, 0.1) is 12.3 Å². The summed E-state index contributed by atoms with van der Waals surface area (Å²) in [6.07, 6.45) is 0. The van der Waals surface area contributed by atoms with Gasteiger partial charge in [0.25, 0.3) is 0 Å². The molecule has 0 unspecified atom stereocenters. The van der Waals surface area contributed by atoms with Gasteiger partial charge in [-0.3, -0.25) is 0 Å². The molecule has 7 nitrogen and oxygen atoms in total. The Bertz CT molecular complexity index is 573. The molecule has 8 heteroatoms. The third-order valence-electron chi connectivity index (χ3n) is 2.74. The van der Waals surface area contributed by atoms with Crippen LogP contribution in [0.15, 0.2) is 12.1 Å². The van der Waals surface area contributed by atoms with Crippen molar-refractivity contribution in [3.05, 3.63) is 17.7 Å². The number of anilines is 1. The Labute approximate surface area is 112 Å². The molecule has 1 aliphatic heterocycles. The zero-order chi connectivity index (χ0) is 14.0. The van der Waals surface area contributed by atoms with Gasteiger partial charge in [-0.2, -0.15) is 0 Å². The minimum absolute atomic E-state index is 0.00841. The quantitative estimate of drug-likeness (QED) is 0.755. The minimum atomic E-state index is -3.97. The topological polar surface area (TPSA) is 88.1 Å². The molecule has 0 aromatic heterocycles. The van der Waals surface area contributed by atoms with E-state index in [0.717, 1.165) is 5.69 Å². The first-order chi connectivity index (χ1) is 8.98. The first-order valence-electron chi connectivity index (χ1n) is 5.88. The average Bonchev–Trinajstić information content (AvgIpc) is 2.68. The molecular weight excluding hydrogens is 272 g/mol. The number of benzene rings is 1. The van der Waals surface area contributed by atoms with Crippen LogP contribution in [0.3, 0.4) is 0 Å². The molecule has 0 fully saturated rings. The molecule has 2 N–H and O–H groups in total. The highest BCUT2D eigenvalue weighted by Gasteiger charge is 2.31. The molecule has 0 radical (unpaired) electrons. The fourth-order valence-corrected chi connectivity index (χ4v) is 2.70. The smallest absolute Gasteiger partial charge is 0.395 e. The number of nitrogens with one attached hydrogen (secondary N) is 1. The predicted molar refractivity (Wildman–Crippen MR) is 69.5 cm³/mol. The second kappa shape index (κ2) is 5.24. The zero-order valence-corrected chi connectivity index (χ0v) is 11.5. The van der Waals surface area contributed by atoms with Crippen molar-refractivity contribution in [2.45, 2.75) is 13.8 Å². The van der Waals surface area contributed by atoms with Crippen molar-refractivity contribution in [2.24, 2.45) is 0 Å². The highest BCUT2D eigenvalue weighted by Crippen LogP contribution is 2.42. The number of hydrogen-bond donors (Lipinski definition) is 2. The number of aliphatic hydroxyl groups excluding tert-OH is 1. The number of fused-ring (bicyclic) bond motifs is 1. The van der Waals surface area contributed by atoms with Crippen LogP contribution in [0.1, 0.15) is 12.5 Å². The van der Waals surface area contributed by atoms with E-state index >= 15 is 0 Å². The molecule has 19 heavy (non-hydrogen) atoms. The van der Waals surface area contributed by atoms with Crippen molar-refractivity contribution in [3.8, 4) is 11.5 Å². The zero-order valence-electron chi connectivity index (χ0n) is 10.7. The van der Waals surface area contributed by atoms with Crippen molar-refractivity contribution in [3.63, 3.8) is 0 Å². The molecule has 0 bridgehead atoms. The van der Waals surface area contributed by atoms with Crippen LogP contribution in [0.25, 0.3) is 0 Å². The van der Waals surface area contributed by atoms with E-state index in [2.05, 4.69) is 5.43 Å². The van der Waals surface area contributed by atoms with Crippen LogP contribution in [0.2, 0.25) is 0 Å². The first-order valence-corrected chi connectivity index (χ1v) is 7.21. The molecule has 1 aromatic rings. The van der Waals surface area contributed by atoms with Crippen molar-refractivity contribution < 1.29 is 21.9 Å². The number of hydrogen-bond acceptors (Lipinski definition) is 7. The summed E-state index contributed by atoms with van der Waals surface area (Å²) in [5.41, 5.74) is 4.46. The van der Waals surface area contributed by atoms with Gasteiger partial charge in [0.2, 0.25) is 0 Å². The summed E-state index contributed by atoms with van der Waals surface area (Å²) in [4.78, 5) is 0. The Balaban J connectivity index is 2.34. The minimum Gasteiger partial charge on any atom is -0.395 e. The van der Waals surface area contributed by atoms with Crippen molar-refractivity contribution >= 4 is 16.1 Å².